The number of Topliss-reactive ketones (excluding diaryl/α,β-unsaturated/α-hetero) is 1. The molecule has 1 aromatic carbocycles. The van der Waals surface area contributed by atoms with Gasteiger partial charge in [-0.1, -0.05) is 50.1 Å². The van der Waals surface area contributed by atoms with Crippen LogP contribution in [0.15, 0.2) is 30.3 Å². The van der Waals surface area contributed by atoms with E-state index in [1.807, 2.05) is 30.3 Å². The van der Waals surface area contributed by atoms with Gasteiger partial charge in [-0.3, -0.25) is 4.79 Å². The second-order valence-electron chi connectivity index (χ2n) is 5.61. The van der Waals surface area contributed by atoms with Gasteiger partial charge >= 0.3 is 0 Å². The van der Waals surface area contributed by atoms with E-state index in [9.17, 15) is 4.79 Å². The van der Waals surface area contributed by atoms with Crippen LogP contribution < -0.4 is 0 Å². The zero-order valence-electron chi connectivity index (χ0n) is 12.0. The van der Waals surface area contributed by atoms with Crippen molar-refractivity contribution in [2.45, 2.75) is 39.0 Å². The highest BCUT2D eigenvalue weighted by Crippen LogP contribution is 2.21. The molecule has 1 aliphatic heterocycles. The number of hydrogen-bond donors (Lipinski definition) is 0. The molecule has 0 aliphatic carbocycles. The van der Waals surface area contributed by atoms with Crippen molar-refractivity contribution in [1.29, 1.82) is 0 Å². The quantitative estimate of drug-likeness (QED) is 0.725. The molecule has 0 radical (unpaired) electrons. The van der Waals surface area contributed by atoms with E-state index in [2.05, 4.69) is 11.8 Å². The number of carbonyl (C=O) groups excluding carboxylic acids is 1. The van der Waals surface area contributed by atoms with Gasteiger partial charge < -0.3 is 4.90 Å². The van der Waals surface area contributed by atoms with Gasteiger partial charge in [-0.15, -0.1) is 0 Å². The topological polar surface area (TPSA) is 20.3 Å². The summed E-state index contributed by atoms with van der Waals surface area (Å²) in [6, 6.07) is 9.65. The number of benzene rings is 1. The van der Waals surface area contributed by atoms with Gasteiger partial charge in [0.1, 0.15) is 0 Å². The van der Waals surface area contributed by atoms with Crippen LogP contribution >= 0.6 is 0 Å². The Hall–Kier alpha value is -1.15. The Labute approximate surface area is 116 Å². The van der Waals surface area contributed by atoms with Gasteiger partial charge in [0, 0.05) is 18.5 Å². The summed E-state index contributed by atoms with van der Waals surface area (Å²) in [6.45, 7) is 5.54. The Bertz CT molecular complexity index is 380. The third kappa shape index (κ3) is 4.46. The minimum Gasteiger partial charge on any atom is -0.303 e. The molecule has 0 amide bonds. The summed E-state index contributed by atoms with van der Waals surface area (Å²) >= 11 is 0. The van der Waals surface area contributed by atoms with Gasteiger partial charge in [-0.25, -0.2) is 0 Å². The molecule has 2 heteroatoms. The van der Waals surface area contributed by atoms with Crippen molar-refractivity contribution < 1.29 is 4.79 Å². The summed E-state index contributed by atoms with van der Waals surface area (Å²) in [5.41, 5.74) is 0.850. The Morgan fingerprint density at radius 1 is 1.21 bits per heavy atom. The molecular weight excluding hydrogens is 234 g/mol. The number of likely N-dealkylation sites (tertiary alicyclic amines) is 1. The average molecular weight is 259 g/mol. The van der Waals surface area contributed by atoms with Crippen molar-refractivity contribution >= 4 is 5.78 Å². The standard InChI is InChI=1S/C17H25NO/c1-2-6-15-9-12-18(13-10-15)14-11-17(19)16-7-4-3-5-8-16/h3-5,7-8,15H,2,6,9-14H2,1H3. The summed E-state index contributed by atoms with van der Waals surface area (Å²) in [6.07, 6.45) is 5.96. The normalized spacial score (nSPS) is 17.5. The van der Waals surface area contributed by atoms with Crippen molar-refractivity contribution in [3.05, 3.63) is 35.9 Å². The fourth-order valence-corrected chi connectivity index (χ4v) is 2.94. The summed E-state index contributed by atoms with van der Waals surface area (Å²) < 4.78 is 0. The molecular formula is C17H25NO. The van der Waals surface area contributed by atoms with Crippen molar-refractivity contribution in [2.75, 3.05) is 19.6 Å². The number of nitrogens with zero attached hydrogens (tertiary/aromatic N) is 1. The molecule has 0 N–H and O–H groups in total. The molecule has 1 fully saturated rings. The Morgan fingerprint density at radius 2 is 1.89 bits per heavy atom. The fourth-order valence-electron chi connectivity index (χ4n) is 2.94. The maximum absolute atomic E-state index is 12.0. The fraction of sp³-hybridized carbons (Fsp3) is 0.588. The summed E-state index contributed by atoms with van der Waals surface area (Å²) in [5, 5.41) is 0. The van der Waals surface area contributed by atoms with E-state index in [4.69, 9.17) is 0 Å². The van der Waals surface area contributed by atoms with E-state index < -0.39 is 0 Å². The van der Waals surface area contributed by atoms with Crippen LogP contribution in [0, 0.1) is 5.92 Å². The van der Waals surface area contributed by atoms with Crippen molar-refractivity contribution in [2.24, 2.45) is 5.92 Å². The molecule has 1 aliphatic rings. The summed E-state index contributed by atoms with van der Waals surface area (Å²) in [4.78, 5) is 14.5. The van der Waals surface area contributed by atoms with E-state index in [0.29, 0.717) is 6.42 Å². The second kappa shape index (κ2) is 7.44. The van der Waals surface area contributed by atoms with Gasteiger partial charge in [0.05, 0.1) is 0 Å². The van der Waals surface area contributed by atoms with Gasteiger partial charge in [0.25, 0.3) is 0 Å². The minimum atomic E-state index is 0.274. The molecule has 1 heterocycles. The molecule has 0 bridgehead atoms. The van der Waals surface area contributed by atoms with Crippen LogP contribution in [0.5, 0.6) is 0 Å². The van der Waals surface area contributed by atoms with E-state index in [0.717, 1.165) is 18.0 Å². The summed E-state index contributed by atoms with van der Waals surface area (Å²) in [7, 11) is 0. The van der Waals surface area contributed by atoms with Gasteiger partial charge in [0.2, 0.25) is 0 Å². The molecule has 0 unspecified atom stereocenters. The Kier molecular flexibility index (Phi) is 5.59. The van der Waals surface area contributed by atoms with Crippen molar-refractivity contribution in [3.8, 4) is 0 Å². The number of piperidine rings is 1. The van der Waals surface area contributed by atoms with Crippen LogP contribution in [0.4, 0.5) is 0 Å². The monoisotopic (exact) mass is 259 g/mol. The highest BCUT2D eigenvalue weighted by atomic mass is 16.1. The van der Waals surface area contributed by atoms with Crippen LogP contribution in [0.2, 0.25) is 0 Å². The highest BCUT2D eigenvalue weighted by molar-refractivity contribution is 5.96. The first-order chi connectivity index (χ1) is 9.29. The number of carbonyl (C=O) groups is 1. The lowest BCUT2D eigenvalue weighted by atomic mass is 9.92. The Balaban J connectivity index is 1.71. The molecule has 104 valence electrons. The zero-order chi connectivity index (χ0) is 13.5. The predicted molar refractivity (Wildman–Crippen MR) is 79.5 cm³/mol. The van der Waals surface area contributed by atoms with Crippen LogP contribution in [-0.2, 0) is 0 Å². The molecule has 1 saturated heterocycles. The van der Waals surface area contributed by atoms with E-state index in [-0.39, 0.29) is 5.78 Å². The molecule has 2 rings (SSSR count). The van der Waals surface area contributed by atoms with Crippen LogP contribution in [0.1, 0.15) is 49.4 Å². The van der Waals surface area contributed by atoms with E-state index in [1.54, 1.807) is 0 Å². The smallest absolute Gasteiger partial charge is 0.164 e. The van der Waals surface area contributed by atoms with Crippen molar-refractivity contribution in [1.82, 2.24) is 4.90 Å². The molecule has 0 spiro atoms. The Morgan fingerprint density at radius 3 is 2.53 bits per heavy atom. The molecule has 0 aromatic heterocycles. The maximum Gasteiger partial charge on any atom is 0.164 e. The second-order valence-corrected chi connectivity index (χ2v) is 5.61. The van der Waals surface area contributed by atoms with Gasteiger partial charge in [-0.05, 0) is 31.8 Å². The number of hydrogen-bond acceptors (Lipinski definition) is 2. The number of ketones is 1. The molecule has 0 saturated carbocycles. The molecule has 0 atom stereocenters. The first-order valence-electron chi connectivity index (χ1n) is 7.60. The minimum absolute atomic E-state index is 0.274. The largest absolute Gasteiger partial charge is 0.303 e. The third-order valence-electron chi connectivity index (χ3n) is 4.15. The third-order valence-corrected chi connectivity index (χ3v) is 4.15. The van der Waals surface area contributed by atoms with E-state index >= 15 is 0 Å². The first-order valence-corrected chi connectivity index (χ1v) is 7.60. The molecule has 2 nitrogen and oxygen atoms in total. The van der Waals surface area contributed by atoms with Gasteiger partial charge in [0.15, 0.2) is 5.78 Å². The molecule has 1 aromatic rings. The maximum atomic E-state index is 12.0. The number of rotatable bonds is 6. The average Bonchev–Trinajstić information content (AvgIpc) is 2.47. The molecule has 19 heavy (non-hydrogen) atoms. The lowest BCUT2D eigenvalue weighted by Crippen LogP contribution is -2.35. The lowest BCUT2D eigenvalue weighted by molar-refractivity contribution is 0.0950. The SMILES string of the molecule is CCCC1CCN(CCC(=O)c2ccccc2)CC1. The summed E-state index contributed by atoms with van der Waals surface area (Å²) in [5.74, 6) is 1.20. The van der Waals surface area contributed by atoms with Crippen LogP contribution in [0.25, 0.3) is 0 Å². The predicted octanol–water partition coefficient (Wildman–Crippen LogP) is 3.77. The lowest BCUT2D eigenvalue weighted by Gasteiger charge is -2.31. The van der Waals surface area contributed by atoms with Crippen LogP contribution in [-0.4, -0.2) is 30.3 Å². The first kappa shape index (κ1) is 14.3. The zero-order valence-corrected chi connectivity index (χ0v) is 12.0. The van der Waals surface area contributed by atoms with E-state index in [1.165, 1.54) is 38.8 Å². The van der Waals surface area contributed by atoms with Gasteiger partial charge in [-0.2, -0.15) is 0 Å². The van der Waals surface area contributed by atoms with Crippen molar-refractivity contribution in [3.63, 3.8) is 0 Å². The highest BCUT2D eigenvalue weighted by Gasteiger charge is 2.18. The van der Waals surface area contributed by atoms with Crippen LogP contribution in [0.3, 0.4) is 0 Å².